The van der Waals surface area contributed by atoms with Crippen LogP contribution in [0.5, 0.6) is 5.75 Å². The molecule has 0 N–H and O–H groups in total. The highest BCUT2D eigenvalue weighted by Crippen LogP contribution is 2.36. The monoisotopic (exact) mass is 216 g/mol. The molecule has 0 aliphatic heterocycles. The topological polar surface area (TPSA) is 18.5 Å². The zero-order valence-electron chi connectivity index (χ0n) is 9.69. The van der Waals surface area contributed by atoms with Gasteiger partial charge in [-0.3, -0.25) is 0 Å². The number of ether oxygens (including phenoxy) is 2. The molecule has 0 aromatic heterocycles. The molecule has 0 heterocycles. The highest BCUT2D eigenvalue weighted by Gasteiger charge is 2.20. The van der Waals surface area contributed by atoms with Gasteiger partial charge in [-0.1, -0.05) is 24.8 Å². The maximum absolute atomic E-state index is 5.79. The molecular weight excluding hydrogens is 200 g/mol. The van der Waals surface area contributed by atoms with E-state index in [0.29, 0.717) is 0 Å². The molecular formula is C14H16O2. The number of methoxy groups -OCH3 is 1. The molecule has 1 aliphatic rings. The Morgan fingerprint density at radius 2 is 2.25 bits per heavy atom. The van der Waals surface area contributed by atoms with Crippen molar-refractivity contribution in [2.24, 2.45) is 0 Å². The molecule has 2 rings (SSSR count). The molecule has 2 nitrogen and oxygen atoms in total. The summed E-state index contributed by atoms with van der Waals surface area (Å²) >= 11 is 0. The normalized spacial score (nSPS) is 15.0. The third kappa shape index (κ3) is 1.83. The smallest absolute Gasteiger partial charge is 0.130 e. The van der Waals surface area contributed by atoms with Gasteiger partial charge in [-0.15, -0.1) is 0 Å². The fraction of sp³-hybridized carbons (Fsp3) is 0.286. The molecule has 2 heteroatoms. The largest absolute Gasteiger partial charge is 0.496 e. The van der Waals surface area contributed by atoms with Crippen molar-refractivity contribution in [1.82, 2.24) is 0 Å². The van der Waals surface area contributed by atoms with Gasteiger partial charge in [0.05, 0.1) is 12.7 Å². The Hall–Kier alpha value is -1.70. The summed E-state index contributed by atoms with van der Waals surface area (Å²) in [6, 6.07) is 6.06. The van der Waals surface area contributed by atoms with Crippen molar-refractivity contribution in [2.75, 3.05) is 7.11 Å². The first-order valence-corrected chi connectivity index (χ1v) is 5.42. The molecule has 0 saturated heterocycles. The van der Waals surface area contributed by atoms with Gasteiger partial charge in [0.1, 0.15) is 17.6 Å². The molecule has 16 heavy (non-hydrogen) atoms. The van der Waals surface area contributed by atoms with Crippen molar-refractivity contribution < 1.29 is 9.47 Å². The molecule has 0 radical (unpaired) electrons. The van der Waals surface area contributed by atoms with Gasteiger partial charge in [0.2, 0.25) is 0 Å². The lowest BCUT2D eigenvalue weighted by Crippen LogP contribution is -2.03. The van der Waals surface area contributed by atoms with Crippen LogP contribution in [-0.2, 0) is 11.2 Å². The van der Waals surface area contributed by atoms with E-state index in [9.17, 15) is 0 Å². The van der Waals surface area contributed by atoms with Gasteiger partial charge in [-0.25, -0.2) is 0 Å². The average molecular weight is 216 g/mol. The summed E-state index contributed by atoms with van der Waals surface area (Å²) in [6.07, 6.45) is 4.80. The predicted molar refractivity (Wildman–Crippen MR) is 65.4 cm³/mol. The molecule has 0 spiro atoms. The maximum Gasteiger partial charge on any atom is 0.130 e. The summed E-state index contributed by atoms with van der Waals surface area (Å²) in [6.45, 7) is 5.69. The Labute approximate surface area is 96.2 Å². The van der Waals surface area contributed by atoms with Gasteiger partial charge in [-0.05, 0) is 31.1 Å². The Kier molecular flexibility index (Phi) is 3.00. The molecule has 1 aromatic carbocycles. The molecule has 84 valence electrons. The van der Waals surface area contributed by atoms with Crippen LogP contribution in [0.2, 0.25) is 0 Å². The van der Waals surface area contributed by atoms with Gasteiger partial charge >= 0.3 is 0 Å². The third-order valence-corrected chi connectivity index (χ3v) is 2.73. The van der Waals surface area contributed by atoms with E-state index in [0.717, 1.165) is 23.5 Å². The van der Waals surface area contributed by atoms with E-state index in [-0.39, 0.29) is 6.10 Å². The molecule has 1 aromatic rings. The molecule has 1 atom stereocenters. The number of fused-ring (bicyclic) bond motifs is 1. The van der Waals surface area contributed by atoms with Crippen molar-refractivity contribution in [3.8, 4) is 5.75 Å². The van der Waals surface area contributed by atoms with Crippen LogP contribution in [0.15, 0.2) is 36.9 Å². The first kappa shape index (κ1) is 10.8. The van der Waals surface area contributed by atoms with E-state index in [4.69, 9.17) is 9.47 Å². The highest BCUT2D eigenvalue weighted by atomic mass is 16.5. The number of hydrogen-bond acceptors (Lipinski definition) is 2. The van der Waals surface area contributed by atoms with Gasteiger partial charge in [0.15, 0.2) is 0 Å². The standard InChI is InChI=1S/C14H16O2/c1-4-10(2)16-13-9-8-11-6-5-7-12(15-3)14(11)13/h4-7,9-10H,1,8H2,2-3H3. The van der Waals surface area contributed by atoms with Crippen molar-refractivity contribution in [2.45, 2.75) is 19.4 Å². The minimum atomic E-state index is 0.0158. The van der Waals surface area contributed by atoms with Crippen molar-refractivity contribution in [3.05, 3.63) is 48.1 Å². The molecule has 0 fully saturated rings. The van der Waals surface area contributed by atoms with Gasteiger partial charge in [-0.2, -0.15) is 0 Å². The lowest BCUT2D eigenvalue weighted by Gasteiger charge is -2.15. The van der Waals surface area contributed by atoms with Gasteiger partial charge in [0, 0.05) is 0 Å². The van der Waals surface area contributed by atoms with Crippen LogP contribution in [0.25, 0.3) is 5.76 Å². The molecule has 1 unspecified atom stereocenters. The Morgan fingerprint density at radius 1 is 1.44 bits per heavy atom. The SMILES string of the molecule is C=CC(C)OC1=CCc2cccc(OC)c21. The first-order chi connectivity index (χ1) is 7.76. The van der Waals surface area contributed by atoms with E-state index >= 15 is 0 Å². The first-order valence-electron chi connectivity index (χ1n) is 5.42. The van der Waals surface area contributed by atoms with Gasteiger partial charge in [0.25, 0.3) is 0 Å². The van der Waals surface area contributed by atoms with E-state index in [1.165, 1.54) is 5.56 Å². The summed E-state index contributed by atoms with van der Waals surface area (Å²) in [5.74, 6) is 1.78. The summed E-state index contributed by atoms with van der Waals surface area (Å²) < 4.78 is 11.1. The summed E-state index contributed by atoms with van der Waals surface area (Å²) in [4.78, 5) is 0. The zero-order chi connectivity index (χ0) is 11.5. The number of rotatable bonds is 4. The van der Waals surface area contributed by atoms with Crippen LogP contribution in [0, 0.1) is 0 Å². The highest BCUT2D eigenvalue weighted by molar-refractivity contribution is 5.73. The Morgan fingerprint density at radius 3 is 2.94 bits per heavy atom. The fourth-order valence-electron chi connectivity index (χ4n) is 1.86. The maximum atomic E-state index is 5.79. The molecule has 0 bridgehead atoms. The van der Waals surface area contributed by atoms with Crippen LogP contribution >= 0.6 is 0 Å². The van der Waals surface area contributed by atoms with Crippen molar-refractivity contribution >= 4 is 5.76 Å². The summed E-state index contributed by atoms with van der Waals surface area (Å²) in [5.41, 5.74) is 2.34. The van der Waals surface area contributed by atoms with E-state index in [2.05, 4.69) is 18.7 Å². The number of hydrogen-bond donors (Lipinski definition) is 0. The zero-order valence-corrected chi connectivity index (χ0v) is 9.69. The minimum absolute atomic E-state index is 0.0158. The summed E-state index contributed by atoms with van der Waals surface area (Å²) in [7, 11) is 1.68. The number of allylic oxidation sites excluding steroid dienone is 1. The second kappa shape index (κ2) is 4.44. The van der Waals surface area contributed by atoms with Crippen molar-refractivity contribution in [1.29, 1.82) is 0 Å². The van der Waals surface area contributed by atoms with Crippen molar-refractivity contribution in [3.63, 3.8) is 0 Å². The lowest BCUT2D eigenvalue weighted by atomic mass is 10.1. The van der Waals surface area contributed by atoms with E-state index < -0.39 is 0 Å². The second-order valence-electron chi connectivity index (χ2n) is 3.83. The van der Waals surface area contributed by atoms with E-state index in [1.807, 2.05) is 19.1 Å². The third-order valence-electron chi connectivity index (χ3n) is 2.73. The molecule has 0 saturated carbocycles. The van der Waals surface area contributed by atoms with Crippen LogP contribution in [0.4, 0.5) is 0 Å². The molecule has 1 aliphatic carbocycles. The predicted octanol–water partition coefficient (Wildman–Crippen LogP) is 3.18. The molecule has 0 amide bonds. The number of benzene rings is 1. The van der Waals surface area contributed by atoms with Crippen LogP contribution in [-0.4, -0.2) is 13.2 Å². The van der Waals surface area contributed by atoms with Crippen LogP contribution in [0.1, 0.15) is 18.1 Å². The van der Waals surface area contributed by atoms with Crippen LogP contribution in [0.3, 0.4) is 0 Å². The quantitative estimate of drug-likeness (QED) is 0.720. The summed E-state index contributed by atoms with van der Waals surface area (Å²) in [5, 5.41) is 0. The minimum Gasteiger partial charge on any atom is -0.496 e. The Bertz CT molecular complexity index is 432. The van der Waals surface area contributed by atoms with Gasteiger partial charge < -0.3 is 9.47 Å². The second-order valence-corrected chi connectivity index (χ2v) is 3.83. The van der Waals surface area contributed by atoms with E-state index in [1.54, 1.807) is 13.2 Å². The Balaban J connectivity index is 2.32. The van der Waals surface area contributed by atoms with Crippen LogP contribution < -0.4 is 4.74 Å². The fourth-order valence-corrected chi connectivity index (χ4v) is 1.86. The lowest BCUT2D eigenvalue weighted by molar-refractivity contribution is 0.230. The average Bonchev–Trinajstić information content (AvgIpc) is 2.72.